The van der Waals surface area contributed by atoms with Crippen molar-refractivity contribution in [1.82, 2.24) is 0 Å². The van der Waals surface area contributed by atoms with Crippen molar-refractivity contribution in [3.63, 3.8) is 0 Å². The zero-order valence-electron chi connectivity index (χ0n) is 8.05. The topological polar surface area (TPSA) is 17.1 Å². The van der Waals surface area contributed by atoms with Gasteiger partial charge in [0, 0.05) is 5.56 Å². The summed E-state index contributed by atoms with van der Waals surface area (Å²) in [5.74, 6) is -1.49. The molecule has 0 saturated heterocycles. The molecule has 0 aromatic heterocycles. The first-order valence-electron chi connectivity index (χ1n) is 4.49. The highest BCUT2D eigenvalue weighted by Gasteiger charge is 2.11. The van der Waals surface area contributed by atoms with Gasteiger partial charge in [-0.05, 0) is 30.5 Å². The lowest BCUT2D eigenvalue weighted by Crippen LogP contribution is -1.96. The molecule has 15 heavy (non-hydrogen) atoms. The Bertz CT molecular complexity index is 538. The molecule has 76 valence electrons. The Kier molecular flexibility index (Phi) is 2.23. The van der Waals surface area contributed by atoms with E-state index in [9.17, 15) is 13.6 Å². The SMILES string of the molecule is CC(=O)c1ccc(F)c2c(F)cccc12. The minimum absolute atomic E-state index is 0.120. The van der Waals surface area contributed by atoms with Gasteiger partial charge in [-0.2, -0.15) is 0 Å². The molecule has 0 aliphatic heterocycles. The number of carbonyl (C=O) groups excluding carboxylic acids is 1. The van der Waals surface area contributed by atoms with Crippen LogP contribution >= 0.6 is 0 Å². The molecule has 0 atom stereocenters. The van der Waals surface area contributed by atoms with Crippen molar-refractivity contribution in [1.29, 1.82) is 0 Å². The smallest absolute Gasteiger partial charge is 0.160 e. The Hall–Kier alpha value is -1.77. The number of ketones is 1. The number of hydrogen-bond donors (Lipinski definition) is 0. The van der Waals surface area contributed by atoms with Gasteiger partial charge >= 0.3 is 0 Å². The number of hydrogen-bond acceptors (Lipinski definition) is 1. The van der Waals surface area contributed by atoms with E-state index >= 15 is 0 Å². The first-order chi connectivity index (χ1) is 7.11. The maximum absolute atomic E-state index is 13.3. The normalized spacial score (nSPS) is 10.6. The maximum Gasteiger partial charge on any atom is 0.160 e. The van der Waals surface area contributed by atoms with Crippen LogP contribution in [0.3, 0.4) is 0 Å². The highest BCUT2D eigenvalue weighted by Crippen LogP contribution is 2.24. The molecule has 0 saturated carbocycles. The molecule has 0 amide bonds. The summed E-state index contributed by atoms with van der Waals surface area (Å²) in [7, 11) is 0. The Balaban J connectivity index is 2.95. The van der Waals surface area contributed by atoms with Gasteiger partial charge < -0.3 is 0 Å². The van der Waals surface area contributed by atoms with E-state index in [2.05, 4.69) is 0 Å². The zero-order valence-corrected chi connectivity index (χ0v) is 8.05. The summed E-state index contributed by atoms with van der Waals surface area (Å²) < 4.78 is 26.7. The second-order valence-corrected chi connectivity index (χ2v) is 3.31. The lowest BCUT2D eigenvalue weighted by atomic mass is 10.0. The third kappa shape index (κ3) is 1.50. The fourth-order valence-corrected chi connectivity index (χ4v) is 1.63. The summed E-state index contributed by atoms with van der Waals surface area (Å²) in [5.41, 5.74) is 0.339. The number of fused-ring (bicyclic) bond motifs is 1. The lowest BCUT2D eigenvalue weighted by molar-refractivity contribution is 0.101. The van der Waals surface area contributed by atoms with Crippen LogP contribution < -0.4 is 0 Å². The number of carbonyl (C=O) groups is 1. The largest absolute Gasteiger partial charge is 0.294 e. The Labute approximate surface area is 85.3 Å². The summed E-state index contributed by atoms with van der Waals surface area (Å²) in [4.78, 5) is 11.2. The first-order valence-corrected chi connectivity index (χ1v) is 4.49. The molecule has 2 aromatic carbocycles. The van der Waals surface area contributed by atoms with Gasteiger partial charge in [-0.15, -0.1) is 0 Å². The third-order valence-corrected chi connectivity index (χ3v) is 2.32. The highest BCUT2D eigenvalue weighted by atomic mass is 19.1. The van der Waals surface area contributed by atoms with Crippen molar-refractivity contribution in [3.05, 3.63) is 47.5 Å². The molecule has 0 aliphatic rings. The van der Waals surface area contributed by atoms with Crippen molar-refractivity contribution >= 4 is 16.6 Å². The minimum Gasteiger partial charge on any atom is -0.294 e. The quantitative estimate of drug-likeness (QED) is 0.654. The van der Waals surface area contributed by atoms with Crippen LogP contribution in [0, 0.1) is 11.6 Å². The molecule has 0 aliphatic carbocycles. The minimum atomic E-state index is -0.645. The summed E-state index contributed by atoms with van der Waals surface area (Å²) >= 11 is 0. The van der Waals surface area contributed by atoms with Crippen molar-refractivity contribution in [2.24, 2.45) is 0 Å². The molecule has 0 radical (unpaired) electrons. The number of rotatable bonds is 1. The Morgan fingerprint density at radius 1 is 1.07 bits per heavy atom. The fourth-order valence-electron chi connectivity index (χ4n) is 1.63. The van der Waals surface area contributed by atoms with Gasteiger partial charge in [0.05, 0.1) is 5.39 Å². The number of Topliss-reactive ketones (excluding diaryl/α,β-unsaturated/α-hetero) is 1. The molecule has 0 fully saturated rings. The van der Waals surface area contributed by atoms with Crippen LogP contribution in [0.1, 0.15) is 17.3 Å². The van der Waals surface area contributed by atoms with Crippen LogP contribution in [0.5, 0.6) is 0 Å². The second-order valence-electron chi connectivity index (χ2n) is 3.31. The predicted octanol–water partition coefficient (Wildman–Crippen LogP) is 3.32. The first kappa shape index (κ1) is 9.77. The summed E-state index contributed by atoms with van der Waals surface area (Å²) in [6, 6.07) is 6.67. The van der Waals surface area contributed by atoms with E-state index in [1.807, 2.05) is 0 Å². The number of halogens is 2. The van der Waals surface area contributed by atoms with Crippen LogP contribution in [0.2, 0.25) is 0 Å². The van der Waals surface area contributed by atoms with Crippen LogP contribution in [0.15, 0.2) is 30.3 Å². The summed E-state index contributed by atoms with van der Waals surface area (Å²) in [6.07, 6.45) is 0. The second kappa shape index (κ2) is 3.42. The molecular formula is C12H8F2O. The third-order valence-electron chi connectivity index (χ3n) is 2.32. The van der Waals surface area contributed by atoms with Crippen LogP contribution in [0.25, 0.3) is 10.8 Å². The van der Waals surface area contributed by atoms with Crippen molar-refractivity contribution in [2.75, 3.05) is 0 Å². The summed E-state index contributed by atoms with van der Waals surface area (Å²) in [5, 5.41) is 0.202. The standard InChI is InChI=1S/C12H8F2O/c1-7(15)8-5-6-11(14)12-9(8)3-2-4-10(12)13/h2-6H,1H3. The molecule has 3 heteroatoms. The van der Waals surface area contributed by atoms with Gasteiger partial charge in [0.15, 0.2) is 5.78 Å². The predicted molar refractivity (Wildman–Crippen MR) is 53.9 cm³/mol. The van der Waals surface area contributed by atoms with Gasteiger partial charge in [0.25, 0.3) is 0 Å². The molecule has 2 rings (SSSR count). The van der Waals surface area contributed by atoms with Crippen LogP contribution in [-0.2, 0) is 0 Å². The molecule has 1 nitrogen and oxygen atoms in total. The van der Waals surface area contributed by atoms with Gasteiger partial charge in [-0.3, -0.25) is 4.79 Å². The average Bonchev–Trinajstić information content (AvgIpc) is 2.17. The van der Waals surface area contributed by atoms with Crippen molar-refractivity contribution in [2.45, 2.75) is 6.92 Å². The lowest BCUT2D eigenvalue weighted by Gasteiger charge is -2.04. The Morgan fingerprint density at radius 3 is 2.40 bits per heavy atom. The van der Waals surface area contributed by atoms with Gasteiger partial charge in [-0.25, -0.2) is 8.78 Å². The fraction of sp³-hybridized carbons (Fsp3) is 0.0833. The van der Waals surface area contributed by atoms with Crippen LogP contribution in [0.4, 0.5) is 8.78 Å². The molecule has 2 aromatic rings. The molecular weight excluding hydrogens is 198 g/mol. The van der Waals surface area contributed by atoms with Crippen molar-refractivity contribution in [3.8, 4) is 0 Å². The van der Waals surface area contributed by atoms with E-state index in [-0.39, 0.29) is 11.2 Å². The van der Waals surface area contributed by atoms with E-state index in [0.29, 0.717) is 10.9 Å². The van der Waals surface area contributed by atoms with Crippen LogP contribution in [-0.4, -0.2) is 5.78 Å². The molecule has 0 spiro atoms. The van der Waals surface area contributed by atoms with E-state index in [0.717, 1.165) is 6.07 Å². The van der Waals surface area contributed by atoms with E-state index in [1.165, 1.54) is 31.2 Å². The highest BCUT2D eigenvalue weighted by molar-refractivity contribution is 6.07. The average molecular weight is 206 g/mol. The van der Waals surface area contributed by atoms with Crippen molar-refractivity contribution < 1.29 is 13.6 Å². The molecule has 0 unspecified atom stereocenters. The van der Waals surface area contributed by atoms with Gasteiger partial charge in [0.1, 0.15) is 11.6 Å². The van der Waals surface area contributed by atoms with E-state index in [1.54, 1.807) is 0 Å². The summed E-state index contributed by atoms with van der Waals surface area (Å²) in [6.45, 7) is 1.37. The molecule has 0 bridgehead atoms. The monoisotopic (exact) mass is 206 g/mol. The molecule has 0 N–H and O–H groups in total. The van der Waals surface area contributed by atoms with Gasteiger partial charge in [0.2, 0.25) is 0 Å². The maximum atomic E-state index is 13.3. The van der Waals surface area contributed by atoms with E-state index < -0.39 is 11.6 Å². The molecule has 0 heterocycles. The number of benzene rings is 2. The van der Waals surface area contributed by atoms with E-state index in [4.69, 9.17) is 0 Å². The zero-order chi connectivity index (χ0) is 11.0. The van der Waals surface area contributed by atoms with Gasteiger partial charge in [-0.1, -0.05) is 12.1 Å². The Morgan fingerprint density at radius 2 is 1.73 bits per heavy atom.